The molecule has 3 atom stereocenters. The first-order chi connectivity index (χ1) is 15.4. The summed E-state index contributed by atoms with van der Waals surface area (Å²) in [5.41, 5.74) is -1.05. The van der Waals surface area contributed by atoms with Crippen molar-refractivity contribution in [2.45, 2.75) is 43.8 Å². The molecule has 2 N–H and O–H groups in total. The molecule has 9 nitrogen and oxygen atoms in total. The largest absolute Gasteiger partial charge is 0.454 e. The standard InChI is InChI=1S/C23H29N5O4/c1-28(14-20(29)27-22-25-15-24-16-26-22)12-11-19(13-28)32-21(30)23(31,18-9-5-6-10-18)17-7-3-2-4-8-17/h2-4,7-8,15-16,18-19,31H,5-6,9-14H2,1H3/p+1/t19?,23?,28-/m1/s1. The van der Waals surface area contributed by atoms with Crippen LogP contribution in [-0.4, -0.2) is 69.2 Å². The van der Waals surface area contributed by atoms with Gasteiger partial charge in [0.1, 0.15) is 19.2 Å². The van der Waals surface area contributed by atoms with Crippen LogP contribution in [0.2, 0.25) is 0 Å². The number of hydrogen-bond donors (Lipinski definition) is 2. The first-order valence-electron chi connectivity index (χ1n) is 11.1. The molecule has 4 rings (SSSR count). The van der Waals surface area contributed by atoms with Crippen molar-refractivity contribution in [3.8, 4) is 0 Å². The van der Waals surface area contributed by atoms with Gasteiger partial charge in [0, 0.05) is 12.3 Å². The number of quaternary nitrogens is 1. The maximum absolute atomic E-state index is 13.3. The fourth-order valence-corrected chi connectivity index (χ4v) is 4.98. The minimum atomic E-state index is -1.64. The number of benzene rings is 1. The Balaban J connectivity index is 1.40. The lowest BCUT2D eigenvalue weighted by Crippen LogP contribution is -2.49. The van der Waals surface area contributed by atoms with Gasteiger partial charge in [-0.3, -0.25) is 10.1 Å². The summed E-state index contributed by atoms with van der Waals surface area (Å²) in [6, 6.07) is 9.11. The van der Waals surface area contributed by atoms with E-state index in [1.807, 2.05) is 25.2 Å². The molecule has 32 heavy (non-hydrogen) atoms. The maximum atomic E-state index is 13.3. The number of anilines is 1. The van der Waals surface area contributed by atoms with Crippen molar-refractivity contribution >= 4 is 17.8 Å². The lowest BCUT2D eigenvalue weighted by atomic mass is 9.80. The molecule has 9 heteroatoms. The zero-order valence-electron chi connectivity index (χ0n) is 18.3. The average Bonchev–Trinajstić information content (AvgIpc) is 3.45. The van der Waals surface area contributed by atoms with Crippen LogP contribution in [0, 0.1) is 5.92 Å². The third-order valence-corrected chi connectivity index (χ3v) is 6.65. The smallest absolute Gasteiger partial charge is 0.343 e. The lowest BCUT2D eigenvalue weighted by molar-refractivity contribution is -0.890. The molecule has 2 heterocycles. The number of carbonyl (C=O) groups is 2. The molecule has 1 amide bonds. The predicted octanol–water partition coefficient (Wildman–Crippen LogP) is 1.65. The number of amides is 1. The normalized spacial score (nSPS) is 25.2. The number of likely N-dealkylation sites (N-methyl/N-ethyl adjacent to an activating group) is 1. The molecule has 1 saturated heterocycles. The Morgan fingerprint density at radius 3 is 2.53 bits per heavy atom. The summed E-state index contributed by atoms with van der Waals surface area (Å²) < 4.78 is 6.30. The molecule has 1 aromatic heterocycles. The molecule has 2 aromatic rings. The van der Waals surface area contributed by atoms with Crippen molar-refractivity contribution < 1.29 is 23.9 Å². The number of hydrogen-bond acceptors (Lipinski definition) is 7. The highest BCUT2D eigenvalue weighted by Crippen LogP contribution is 2.42. The fraction of sp³-hybridized carbons (Fsp3) is 0.522. The van der Waals surface area contributed by atoms with Crippen molar-refractivity contribution in [2.24, 2.45) is 5.92 Å². The van der Waals surface area contributed by atoms with Gasteiger partial charge in [0.25, 0.3) is 5.91 Å². The van der Waals surface area contributed by atoms with Gasteiger partial charge in [0.15, 0.2) is 18.2 Å². The van der Waals surface area contributed by atoms with Crippen LogP contribution in [0.4, 0.5) is 5.95 Å². The predicted molar refractivity (Wildman–Crippen MR) is 116 cm³/mol. The van der Waals surface area contributed by atoms with Gasteiger partial charge in [0.05, 0.1) is 13.6 Å². The number of rotatable bonds is 7. The van der Waals surface area contributed by atoms with Crippen LogP contribution in [-0.2, 0) is 19.9 Å². The van der Waals surface area contributed by atoms with Crippen LogP contribution in [0.3, 0.4) is 0 Å². The van der Waals surface area contributed by atoms with Crippen molar-refractivity contribution in [3.63, 3.8) is 0 Å². The molecular formula is C23H30N5O4+. The van der Waals surface area contributed by atoms with Crippen molar-refractivity contribution in [3.05, 3.63) is 48.5 Å². The number of aliphatic hydroxyl groups is 1. The van der Waals surface area contributed by atoms with Crippen molar-refractivity contribution in [1.29, 1.82) is 0 Å². The Bertz CT molecular complexity index is 938. The van der Waals surface area contributed by atoms with E-state index < -0.39 is 11.6 Å². The van der Waals surface area contributed by atoms with E-state index in [0.717, 1.165) is 25.7 Å². The Hall–Kier alpha value is -2.91. The second-order valence-electron chi connectivity index (χ2n) is 9.12. The summed E-state index contributed by atoms with van der Waals surface area (Å²) in [6.07, 6.45) is 6.53. The zero-order valence-corrected chi connectivity index (χ0v) is 18.3. The molecule has 2 fully saturated rings. The van der Waals surface area contributed by atoms with Crippen LogP contribution in [0.25, 0.3) is 0 Å². The minimum absolute atomic E-state index is 0.147. The second-order valence-corrected chi connectivity index (χ2v) is 9.12. The Labute approximate surface area is 187 Å². The molecule has 0 spiro atoms. The number of nitrogens with zero attached hydrogens (tertiary/aromatic N) is 4. The molecule has 1 saturated carbocycles. The summed E-state index contributed by atoms with van der Waals surface area (Å²) in [6.45, 7) is 1.41. The van der Waals surface area contributed by atoms with Gasteiger partial charge in [0.2, 0.25) is 5.95 Å². The quantitative estimate of drug-likeness (QED) is 0.497. The summed E-state index contributed by atoms with van der Waals surface area (Å²) >= 11 is 0. The van der Waals surface area contributed by atoms with E-state index in [9.17, 15) is 14.7 Å². The Morgan fingerprint density at radius 2 is 1.84 bits per heavy atom. The maximum Gasteiger partial charge on any atom is 0.343 e. The van der Waals surface area contributed by atoms with Gasteiger partial charge in [-0.15, -0.1) is 0 Å². The summed E-state index contributed by atoms with van der Waals surface area (Å²) in [5, 5.41) is 14.3. The third kappa shape index (κ3) is 4.78. The van der Waals surface area contributed by atoms with E-state index in [1.165, 1.54) is 12.7 Å². The highest BCUT2D eigenvalue weighted by atomic mass is 16.6. The van der Waals surface area contributed by atoms with Gasteiger partial charge in [-0.25, -0.2) is 19.7 Å². The van der Waals surface area contributed by atoms with E-state index in [4.69, 9.17) is 4.74 Å². The van der Waals surface area contributed by atoms with Gasteiger partial charge >= 0.3 is 5.97 Å². The summed E-state index contributed by atoms with van der Waals surface area (Å²) in [7, 11) is 1.96. The Morgan fingerprint density at radius 1 is 1.16 bits per heavy atom. The summed E-state index contributed by atoms with van der Waals surface area (Å²) in [4.78, 5) is 37.3. The van der Waals surface area contributed by atoms with E-state index in [-0.39, 0.29) is 30.4 Å². The fourth-order valence-electron chi connectivity index (χ4n) is 4.98. The number of carbonyl (C=O) groups excluding carboxylic acids is 2. The van der Waals surface area contributed by atoms with Crippen molar-refractivity contribution in [2.75, 3.05) is 32.0 Å². The molecule has 1 aliphatic heterocycles. The van der Waals surface area contributed by atoms with Crippen molar-refractivity contribution in [1.82, 2.24) is 15.0 Å². The number of aromatic nitrogens is 3. The molecular weight excluding hydrogens is 410 g/mol. The van der Waals surface area contributed by atoms with Crippen LogP contribution in [0.15, 0.2) is 43.0 Å². The van der Waals surface area contributed by atoms with Crippen LogP contribution < -0.4 is 5.32 Å². The number of esters is 1. The Kier molecular flexibility index (Phi) is 6.48. The van der Waals surface area contributed by atoms with Gasteiger partial charge in [-0.05, 0) is 18.4 Å². The van der Waals surface area contributed by atoms with Gasteiger partial charge in [-0.1, -0.05) is 43.2 Å². The van der Waals surface area contributed by atoms with E-state index >= 15 is 0 Å². The minimum Gasteiger partial charge on any atom is -0.454 e. The topological polar surface area (TPSA) is 114 Å². The SMILES string of the molecule is C[N@@+]1(CC(=O)Nc2ncncn2)CCC(OC(=O)C(O)(c2ccccc2)C2CCCC2)C1. The zero-order chi connectivity index (χ0) is 22.6. The number of likely N-dealkylation sites (tertiary alicyclic amines) is 1. The van der Waals surface area contributed by atoms with E-state index in [1.54, 1.807) is 12.1 Å². The molecule has 2 aliphatic rings. The number of ether oxygens (including phenoxy) is 1. The molecule has 0 radical (unpaired) electrons. The highest BCUT2D eigenvalue weighted by molar-refractivity contribution is 5.89. The summed E-state index contributed by atoms with van der Waals surface area (Å²) in [5.74, 6) is -0.727. The second kappa shape index (κ2) is 9.30. The monoisotopic (exact) mass is 440 g/mol. The first-order valence-corrected chi connectivity index (χ1v) is 11.1. The van der Waals surface area contributed by atoms with Crippen LogP contribution in [0.1, 0.15) is 37.7 Å². The van der Waals surface area contributed by atoms with E-state index in [0.29, 0.717) is 29.6 Å². The lowest BCUT2D eigenvalue weighted by Gasteiger charge is -2.33. The van der Waals surface area contributed by atoms with E-state index in [2.05, 4.69) is 20.3 Å². The molecule has 1 aliphatic carbocycles. The van der Waals surface area contributed by atoms with Crippen LogP contribution >= 0.6 is 0 Å². The average molecular weight is 441 g/mol. The van der Waals surface area contributed by atoms with Gasteiger partial charge in [-0.2, -0.15) is 0 Å². The molecule has 170 valence electrons. The van der Waals surface area contributed by atoms with Crippen LogP contribution in [0.5, 0.6) is 0 Å². The third-order valence-electron chi connectivity index (χ3n) is 6.65. The molecule has 1 aromatic carbocycles. The highest BCUT2D eigenvalue weighted by Gasteiger charge is 2.50. The first kappa shape index (κ1) is 22.3. The van der Waals surface area contributed by atoms with Gasteiger partial charge < -0.3 is 14.3 Å². The number of nitrogens with one attached hydrogen (secondary N) is 1. The molecule has 0 bridgehead atoms. The molecule has 2 unspecified atom stereocenters.